The lowest BCUT2D eigenvalue weighted by Gasteiger charge is -2.15. The fraction of sp³-hybridized carbons (Fsp3) is 0.368. The van der Waals surface area contributed by atoms with Crippen LogP contribution in [0.2, 0.25) is 0 Å². The summed E-state index contributed by atoms with van der Waals surface area (Å²) in [7, 11) is 0. The van der Waals surface area contributed by atoms with E-state index in [1.807, 2.05) is 12.1 Å². The number of allylic oxidation sites excluding steroid dienone is 1. The van der Waals surface area contributed by atoms with Crippen LogP contribution in [0.15, 0.2) is 17.7 Å². The largest absolute Gasteiger partial charge is 0.297 e. The van der Waals surface area contributed by atoms with E-state index < -0.39 is 12.6 Å². The number of hydrogen-bond acceptors (Lipinski definition) is 0. The van der Waals surface area contributed by atoms with Gasteiger partial charge in [-0.05, 0) is 90.1 Å². The fourth-order valence-electron chi connectivity index (χ4n) is 3.30. The Hall–Kier alpha value is -1.77. The van der Waals surface area contributed by atoms with Gasteiger partial charge in [0.25, 0.3) is 5.92 Å². The fourth-order valence-corrected chi connectivity index (χ4v) is 3.30. The van der Waals surface area contributed by atoms with Gasteiger partial charge < -0.3 is 0 Å². The van der Waals surface area contributed by atoms with E-state index in [0.717, 1.165) is 21.9 Å². The van der Waals surface area contributed by atoms with Gasteiger partial charge in [-0.3, -0.25) is 0 Å². The summed E-state index contributed by atoms with van der Waals surface area (Å²) in [5.74, 6) is -3.36. The summed E-state index contributed by atoms with van der Waals surface area (Å²) in [6.07, 6.45) is 1.59. The number of rotatable bonds is 2. The molecule has 1 aliphatic rings. The van der Waals surface area contributed by atoms with E-state index >= 15 is 0 Å². The Morgan fingerprint density at radius 1 is 0.909 bits per heavy atom. The number of fused-ring (bicyclic) bond motifs is 2. The lowest BCUT2D eigenvalue weighted by molar-refractivity contribution is 0.0147. The van der Waals surface area contributed by atoms with Crippen LogP contribution in [0.4, 0.5) is 13.2 Å². The van der Waals surface area contributed by atoms with Gasteiger partial charge in [0.1, 0.15) is 0 Å². The first-order chi connectivity index (χ1) is 10.3. The number of aryl methyl sites for hydroxylation is 2. The molecule has 0 fully saturated rings. The van der Waals surface area contributed by atoms with E-state index in [1.54, 1.807) is 0 Å². The van der Waals surface area contributed by atoms with Crippen LogP contribution in [-0.2, 0) is 6.42 Å². The van der Waals surface area contributed by atoms with Gasteiger partial charge in [0.05, 0.1) is 0 Å². The first-order valence-electron chi connectivity index (χ1n) is 7.44. The van der Waals surface area contributed by atoms with Crippen molar-refractivity contribution in [1.29, 1.82) is 0 Å². The maximum absolute atomic E-state index is 13.6. The van der Waals surface area contributed by atoms with Crippen LogP contribution < -0.4 is 0 Å². The molecular formula is C19H19F3. The highest BCUT2D eigenvalue weighted by molar-refractivity contribution is 5.94. The van der Waals surface area contributed by atoms with Gasteiger partial charge in [-0.1, -0.05) is 0 Å². The lowest BCUT2D eigenvalue weighted by atomic mass is 9.89. The first-order valence-corrected chi connectivity index (χ1v) is 7.44. The van der Waals surface area contributed by atoms with Crippen molar-refractivity contribution in [2.45, 2.75) is 40.0 Å². The third-order valence-corrected chi connectivity index (χ3v) is 5.12. The summed E-state index contributed by atoms with van der Waals surface area (Å²) < 4.78 is 39.8. The summed E-state index contributed by atoms with van der Waals surface area (Å²) in [4.78, 5) is 0. The monoisotopic (exact) mass is 304 g/mol. The third-order valence-electron chi connectivity index (χ3n) is 5.12. The Balaban J connectivity index is 2.23. The molecule has 0 radical (unpaired) electrons. The lowest BCUT2D eigenvalue weighted by Crippen LogP contribution is -2.21. The van der Waals surface area contributed by atoms with Gasteiger partial charge in [0, 0.05) is 12.0 Å². The van der Waals surface area contributed by atoms with Crippen molar-refractivity contribution in [1.82, 2.24) is 0 Å². The Bertz CT molecular complexity index is 814. The van der Waals surface area contributed by atoms with Crippen LogP contribution in [0.1, 0.15) is 33.4 Å². The molecule has 0 saturated carbocycles. The highest BCUT2D eigenvalue weighted by atomic mass is 19.3. The highest BCUT2D eigenvalue weighted by Gasteiger charge is 2.36. The number of alkyl halides is 3. The Labute approximate surface area is 128 Å². The van der Waals surface area contributed by atoms with Crippen molar-refractivity contribution in [2.24, 2.45) is 0 Å². The second-order valence-electron chi connectivity index (χ2n) is 6.28. The number of halogens is 3. The van der Waals surface area contributed by atoms with E-state index in [-0.39, 0.29) is 12.0 Å². The van der Waals surface area contributed by atoms with Crippen molar-refractivity contribution in [3.05, 3.63) is 51.1 Å². The smallest absolute Gasteiger partial charge is 0.244 e. The topological polar surface area (TPSA) is 0 Å². The SMILES string of the molecule is Cc1c(C)c(C)c2cc3c(cc2c1C)C=C(C(F)(F)CF)C3. The standard InChI is InChI=1S/C19H19F3/c1-10-11(2)13(4)18-8-15-6-16(19(21,22)9-20)5-14(15)7-17(18)12(10)3/h5,7-8H,6,9H2,1-4H3. The Morgan fingerprint density at radius 3 is 2.00 bits per heavy atom. The predicted molar refractivity (Wildman–Crippen MR) is 85.5 cm³/mol. The zero-order chi connectivity index (χ0) is 16.2. The van der Waals surface area contributed by atoms with Gasteiger partial charge in [0.2, 0.25) is 0 Å². The minimum atomic E-state index is -3.36. The van der Waals surface area contributed by atoms with Crippen LogP contribution in [0.25, 0.3) is 16.8 Å². The van der Waals surface area contributed by atoms with E-state index in [1.165, 1.54) is 28.3 Å². The zero-order valence-electron chi connectivity index (χ0n) is 13.3. The van der Waals surface area contributed by atoms with Crippen LogP contribution in [0.3, 0.4) is 0 Å². The minimum Gasteiger partial charge on any atom is -0.244 e. The van der Waals surface area contributed by atoms with Crippen LogP contribution in [0, 0.1) is 27.7 Å². The summed E-state index contributed by atoms with van der Waals surface area (Å²) in [6, 6.07) is 3.97. The predicted octanol–water partition coefficient (Wildman–Crippen LogP) is 5.62. The average molecular weight is 304 g/mol. The molecule has 0 amide bonds. The molecule has 116 valence electrons. The molecule has 0 saturated heterocycles. The maximum atomic E-state index is 13.6. The highest BCUT2D eigenvalue weighted by Crippen LogP contribution is 2.39. The Morgan fingerprint density at radius 2 is 1.45 bits per heavy atom. The molecule has 0 heterocycles. The zero-order valence-corrected chi connectivity index (χ0v) is 13.3. The molecule has 0 N–H and O–H groups in total. The van der Waals surface area contributed by atoms with Crippen LogP contribution in [-0.4, -0.2) is 12.6 Å². The molecule has 0 unspecified atom stereocenters. The van der Waals surface area contributed by atoms with Crippen molar-refractivity contribution >= 4 is 16.8 Å². The van der Waals surface area contributed by atoms with Gasteiger partial charge >= 0.3 is 0 Å². The summed E-state index contributed by atoms with van der Waals surface area (Å²) in [5, 5.41) is 2.21. The van der Waals surface area contributed by atoms with Crippen LogP contribution >= 0.6 is 0 Å². The van der Waals surface area contributed by atoms with Crippen LogP contribution in [0.5, 0.6) is 0 Å². The molecule has 2 aromatic carbocycles. The molecule has 3 rings (SSSR count). The molecule has 22 heavy (non-hydrogen) atoms. The molecule has 0 bridgehead atoms. The molecule has 1 aliphatic carbocycles. The number of benzene rings is 2. The van der Waals surface area contributed by atoms with E-state index in [0.29, 0.717) is 0 Å². The Kier molecular flexibility index (Phi) is 3.35. The van der Waals surface area contributed by atoms with Gasteiger partial charge in [-0.2, -0.15) is 8.78 Å². The normalized spacial score (nSPS) is 14.4. The molecule has 3 heteroatoms. The van der Waals surface area contributed by atoms with E-state index in [4.69, 9.17) is 0 Å². The molecular weight excluding hydrogens is 285 g/mol. The molecule has 0 atom stereocenters. The van der Waals surface area contributed by atoms with Gasteiger partial charge in [-0.25, -0.2) is 4.39 Å². The van der Waals surface area contributed by atoms with Crippen molar-refractivity contribution < 1.29 is 13.2 Å². The molecule has 0 spiro atoms. The van der Waals surface area contributed by atoms with Crippen molar-refractivity contribution in [3.63, 3.8) is 0 Å². The van der Waals surface area contributed by atoms with E-state index in [2.05, 4.69) is 27.7 Å². The van der Waals surface area contributed by atoms with Gasteiger partial charge in [0.15, 0.2) is 6.67 Å². The summed E-state index contributed by atoms with van der Waals surface area (Å²) in [5.41, 5.74) is 6.38. The summed E-state index contributed by atoms with van der Waals surface area (Å²) in [6.45, 7) is 6.67. The maximum Gasteiger partial charge on any atom is 0.297 e. The molecule has 0 nitrogen and oxygen atoms in total. The summed E-state index contributed by atoms with van der Waals surface area (Å²) >= 11 is 0. The second-order valence-corrected chi connectivity index (χ2v) is 6.28. The molecule has 0 aliphatic heterocycles. The quantitative estimate of drug-likeness (QED) is 0.675. The minimum absolute atomic E-state index is 0.121. The number of hydrogen-bond donors (Lipinski definition) is 0. The third kappa shape index (κ3) is 2.06. The van der Waals surface area contributed by atoms with Crippen molar-refractivity contribution in [2.75, 3.05) is 6.67 Å². The second kappa shape index (κ2) is 4.87. The van der Waals surface area contributed by atoms with Crippen molar-refractivity contribution in [3.8, 4) is 0 Å². The van der Waals surface area contributed by atoms with Gasteiger partial charge in [-0.15, -0.1) is 0 Å². The first kappa shape index (κ1) is 15.1. The average Bonchev–Trinajstić information content (AvgIpc) is 2.93. The molecule has 0 aromatic heterocycles. The van der Waals surface area contributed by atoms with E-state index in [9.17, 15) is 13.2 Å². The molecule has 2 aromatic rings.